The van der Waals surface area contributed by atoms with Crippen molar-refractivity contribution in [2.24, 2.45) is 29.6 Å². The summed E-state index contributed by atoms with van der Waals surface area (Å²) in [4.78, 5) is 25.7. The lowest BCUT2D eigenvalue weighted by molar-refractivity contribution is -0.242. The van der Waals surface area contributed by atoms with Crippen LogP contribution in [-0.4, -0.2) is 127 Å². The smallest absolute Gasteiger partial charge is 0.161 e. The predicted molar refractivity (Wildman–Crippen MR) is 204 cm³/mol. The molecule has 12 nitrogen and oxygen atoms in total. The van der Waals surface area contributed by atoms with Gasteiger partial charge in [-0.05, 0) is 49.4 Å². The predicted octanol–water partition coefficient (Wildman–Crippen LogP) is 3.54. The number of ketones is 2. The lowest BCUT2D eigenvalue weighted by Crippen LogP contribution is -2.61. The van der Waals surface area contributed by atoms with Crippen LogP contribution in [-0.2, 0) is 19.1 Å². The molecule has 0 radical (unpaired) electrons. The number of unbranched alkanes of at least 4 members (excludes halogenated alkanes) is 6. The molecule has 0 aromatic carbocycles. The number of allylic oxidation sites excluding steroid dienone is 1. The zero-order chi connectivity index (χ0) is 39.9. The highest BCUT2D eigenvalue weighted by atomic mass is 16.6. The van der Waals surface area contributed by atoms with Crippen LogP contribution in [0.25, 0.3) is 0 Å². The molecular formula is C42H74O12. The van der Waals surface area contributed by atoms with Gasteiger partial charge < -0.3 is 50.3 Å². The fourth-order valence-electron chi connectivity index (χ4n) is 9.13. The zero-order valence-corrected chi connectivity index (χ0v) is 33.4. The first-order chi connectivity index (χ1) is 25.9. The van der Waals surface area contributed by atoms with Gasteiger partial charge in [0.15, 0.2) is 5.78 Å². The largest absolute Gasteiger partial charge is 0.394 e. The van der Waals surface area contributed by atoms with Crippen LogP contribution in [0, 0.1) is 29.6 Å². The van der Waals surface area contributed by atoms with E-state index in [0.717, 1.165) is 83.5 Å². The van der Waals surface area contributed by atoms with Crippen LogP contribution in [0.4, 0.5) is 0 Å². The number of aliphatic hydroxyl groups excluding tert-OH is 8. The van der Waals surface area contributed by atoms with Gasteiger partial charge in [-0.2, -0.15) is 0 Å². The lowest BCUT2D eigenvalue weighted by atomic mass is 9.67. The topological polar surface area (TPSA) is 214 Å². The van der Waals surface area contributed by atoms with Crippen molar-refractivity contribution in [2.45, 2.75) is 198 Å². The summed E-state index contributed by atoms with van der Waals surface area (Å²) >= 11 is 0. The van der Waals surface area contributed by atoms with Crippen LogP contribution >= 0.6 is 0 Å². The van der Waals surface area contributed by atoms with Crippen molar-refractivity contribution in [3.8, 4) is 0 Å². The van der Waals surface area contributed by atoms with Gasteiger partial charge in [0.05, 0.1) is 19.3 Å². The third kappa shape index (κ3) is 12.3. The first kappa shape index (κ1) is 47.1. The van der Waals surface area contributed by atoms with Gasteiger partial charge in [-0.3, -0.25) is 9.59 Å². The summed E-state index contributed by atoms with van der Waals surface area (Å²) in [7, 11) is 0. The number of carbonyl (C=O) groups is 2. The maximum absolute atomic E-state index is 12.9. The first-order valence-electron chi connectivity index (χ1n) is 21.3. The molecule has 2 heterocycles. The molecule has 2 aliphatic heterocycles. The van der Waals surface area contributed by atoms with Crippen molar-refractivity contribution in [3.63, 3.8) is 0 Å². The summed E-state index contributed by atoms with van der Waals surface area (Å²) in [5.74, 6) is 0.891. The average molecular weight is 771 g/mol. The van der Waals surface area contributed by atoms with E-state index in [1.165, 1.54) is 6.42 Å². The van der Waals surface area contributed by atoms with E-state index in [0.29, 0.717) is 42.6 Å². The normalized spacial score (nSPS) is 38.8. The molecular weight excluding hydrogens is 696 g/mol. The third-order valence-electron chi connectivity index (χ3n) is 12.6. The Labute approximate surface area is 323 Å². The molecule has 0 aromatic heterocycles. The van der Waals surface area contributed by atoms with E-state index in [1.54, 1.807) is 0 Å². The molecule has 0 amide bonds. The molecule has 4 rings (SSSR count). The molecule has 12 heteroatoms. The highest BCUT2D eigenvalue weighted by Crippen LogP contribution is 2.42. The minimum atomic E-state index is -1.45. The van der Waals surface area contributed by atoms with E-state index in [1.807, 2.05) is 6.08 Å². The van der Waals surface area contributed by atoms with Crippen LogP contribution in [0.15, 0.2) is 11.6 Å². The standard InChI is InChI=1S/C21H38O6.C21H36O6/c2*1-3-5-7-9-14-11-16(23)15(10-13(14)8-6-4-2)21-20(26)19(25)18(24)17(12-22)27-21/h13-15,17-22,24-26H,3-12H2,1-2H3;10,13-14,17-22,24-26H,3-9,11-12H2,1-2H3. The van der Waals surface area contributed by atoms with Gasteiger partial charge in [-0.25, -0.2) is 0 Å². The quantitative estimate of drug-likeness (QED) is 0.0941. The fraction of sp³-hybridized carbons (Fsp3) is 0.905. The van der Waals surface area contributed by atoms with Crippen LogP contribution in [0.5, 0.6) is 0 Å². The van der Waals surface area contributed by atoms with E-state index in [-0.39, 0.29) is 17.5 Å². The van der Waals surface area contributed by atoms with Gasteiger partial charge in [0.25, 0.3) is 0 Å². The Kier molecular flexibility index (Phi) is 20.7. The Morgan fingerprint density at radius 2 is 1.09 bits per heavy atom. The summed E-state index contributed by atoms with van der Waals surface area (Å²) in [6.45, 7) is 7.70. The second-order valence-corrected chi connectivity index (χ2v) is 16.5. The van der Waals surface area contributed by atoms with Crippen molar-refractivity contribution in [1.29, 1.82) is 0 Å². The van der Waals surface area contributed by atoms with E-state index < -0.39 is 80.2 Å². The van der Waals surface area contributed by atoms with Gasteiger partial charge in [0.2, 0.25) is 0 Å². The number of carbonyl (C=O) groups excluding carboxylic acids is 2. The molecule has 3 fully saturated rings. The van der Waals surface area contributed by atoms with E-state index in [4.69, 9.17) is 9.47 Å². The summed E-state index contributed by atoms with van der Waals surface area (Å²) in [5.41, 5.74) is 0.389. The highest BCUT2D eigenvalue weighted by molar-refractivity contribution is 5.97. The van der Waals surface area contributed by atoms with Crippen molar-refractivity contribution >= 4 is 11.6 Å². The van der Waals surface area contributed by atoms with Gasteiger partial charge in [-0.1, -0.05) is 104 Å². The molecule has 0 bridgehead atoms. The summed E-state index contributed by atoms with van der Waals surface area (Å²) in [6, 6.07) is 0. The van der Waals surface area contributed by atoms with Crippen LogP contribution in [0.2, 0.25) is 0 Å². The van der Waals surface area contributed by atoms with Crippen molar-refractivity contribution in [2.75, 3.05) is 13.2 Å². The maximum Gasteiger partial charge on any atom is 0.161 e. The molecule has 54 heavy (non-hydrogen) atoms. The third-order valence-corrected chi connectivity index (χ3v) is 12.6. The van der Waals surface area contributed by atoms with Crippen LogP contribution in [0.1, 0.15) is 137 Å². The highest BCUT2D eigenvalue weighted by Gasteiger charge is 2.50. The number of rotatable bonds is 18. The van der Waals surface area contributed by atoms with Gasteiger partial charge >= 0.3 is 0 Å². The Morgan fingerprint density at radius 3 is 1.67 bits per heavy atom. The van der Waals surface area contributed by atoms with E-state index in [9.17, 15) is 50.4 Å². The molecule has 8 N–H and O–H groups in total. The van der Waals surface area contributed by atoms with Crippen LogP contribution < -0.4 is 0 Å². The Balaban J connectivity index is 0.000000290. The van der Waals surface area contributed by atoms with E-state index >= 15 is 0 Å². The lowest BCUT2D eigenvalue weighted by Gasteiger charge is -2.46. The number of hydrogen-bond acceptors (Lipinski definition) is 12. The molecule has 2 saturated heterocycles. The molecule has 15 atom stereocenters. The minimum absolute atomic E-state index is 0.0615. The Hall–Kier alpha value is -1.32. The Bertz CT molecular complexity index is 1130. The van der Waals surface area contributed by atoms with Crippen molar-refractivity contribution in [1.82, 2.24) is 0 Å². The average Bonchev–Trinajstić information content (AvgIpc) is 3.16. The molecule has 2 aliphatic carbocycles. The number of hydrogen-bond donors (Lipinski definition) is 8. The van der Waals surface area contributed by atoms with Gasteiger partial charge in [0.1, 0.15) is 60.7 Å². The van der Waals surface area contributed by atoms with Crippen LogP contribution in [0.3, 0.4) is 0 Å². The Morgan fingerprint density at radius 1 is 0.574 bits per heavy atom. The zero-order valence-electron chi connectivity index (χ0n) is 33.4. The first-order valence-corrected chi connectivity index (χ1v) is 21.3. The number of ether oxygens (including phenoxy) is 2. The van der Waals surface area contributed by atoms with E-state index in [2.05, 4.69) is 27.7 Å². The van der Waals surface area contributed by atoms with Crippen molar-refractivity contribution < 1.29 is 59.9 Å². The molecule has 314 valence electrons. The maximum atomic E-state index is 12.9. The molecule has 4 aliphatic rings. The number of Topliss-reactive ketones (excluding diaryl/α,β-unsaturated/α-hetero) is 2. The fourth-order valence-corrected chi connectivity index (χ4v) is 9.13. The van der Waals surface area contributed by atoms with Crippen molar-refractivity contribution in [3.05, 3.63) is 11.6 Å². The monoisotopic (exact) mass is 771 g/mol. The molecule has 15 unspecified atom stereocenters. The minimum Gasteiger partial charge on any atom is -0.394 e. The second-order valence-electron chi connectivity index (χ2n) is 16.5. The summed E-state index contributed by atoms with van der Waals surface area (Å²) in [5, 5.41) is 79.7. The molecule has 0 spiro atoms. The van der Waals surface area contributed by atoms with Gasteiger partial charge in [0, 0.05) is 24.3 Å². The summed E-state index contributed by atoms with van der Waals surface area (Å²) in [6.07, 6.45) is 6.76. The SMILES string of the molecule is CCCCCC1CC(=O)C(C2OC(CO)C(O)C(O)C2O)=CC1CCCC.CCCCCC1CC(=O)C(C2OC(CO)C(O)C(O)C2O)CC1CCCC. The number of aliphatic hydroxyl groups is 8. The molecule has 1 saturated carbocycles. The molecule has 0 aromatic rings. The van der Waals surface area contributed by atoms with Gasteiger partial charge in [-0.15, -0.1) is 0 Å². The second kappa shape index (κ2) is 23.8. The summed E-state index contributed by atoms with van der Waals surface area (Å²) < 4.78 is 11.3.